The Balaban J connectivity index is 1.32. The maximum Gasteiger partial charge on any atom is 0.410 e. The molecule has 0 radical (unpaired) electrons. The van der Waals surface area contributed by atoms with Gasteiger partial charge in [-0.15, -0.1) is 0 Å². The molecule has 1 amide bonds. The number of likely N-dealkylation sites (tertiary alicyclic amines) is 1. The number of piperidine rings is 1. The van der Waals surface area contributed by atoms with E-state index in [0.29, 0.717) is 36.3 Å². The fourth-order valence-electron chi connectivity index (χ4n) is 4.64. The first-order valence-electron chi connectivity index (χ1n) is 13.1. The predicted molar refractivity (Wildman–Crippen MR) is 153 cm³/mol. The molecular weight excluding hydrogens is 514 g/mol. The second kappa shape index (κ2) is 11.5. The van der Waals surface area contributed by atoms with Crippen molar-refractivity contribution in [2.24, 2.45) is 0 Å². The predicted octanol–water partition coefficient (Wildman–Crippen LogP) is 7.12. The minimum Gasteiger partial charge on any atom is -0.486 e. The minimum atomic E-state index is -0.517. The number of amides is 1. The summed E-state index contributed by atoms with van der Waals surface area (Å²) >= 11 is 6.53. The average Bonchev–Trinajstić information content (AvgIpc) is 2.92. The van der Waals surface area contributed by atoms with Crippen LogP contribution in [0.25, 0.3) is 10.9 Å². The standard InChI is InChI=1S/C30H32ClN5O3/c1-30(2,3)39-29(37)36-14-6-7-21(17-36)20-9-11-26-24(15-20)28(34-19-33-26)35-22-10-12-27(25(31)16-22)38-18-23-8-4-5-13-32-23/h4-5,8-13,15-16,19,21H,6-7,14,17-18H2,1-3H3,(H,33,34,35). The van der Waals surface area contributed by atoms with E-state index in [1.54, 1.807) is 12.5 Å². The molecule has 1 fully saturated rings. The first-order valence-corrected chi connectivity index (χ1v) is 13.4. The number of pyridine rings is 1. The fraction of sp³-hybridized carbons (Fsp3) is 0.333. The molecule has 1 unspecified atom stereocenters. The van der Waals surface area contributed by atoms with Crippen LogP contribution in [0.3, 0.4) is 0 Å². The van der Waals surface area contributed by atoms with Gasteiger partial charge < -0.3 is 19.7 Å². The van der Waals surface area contributed by atoms with Crippen molar-refractivity contribution in [3.8, 4) is 5.75 Å². The molecule has 0 bridgehead atoms. The number of benzene rings is 2. The SMILES string of the molecule is CC(C)(C)OC(=O)N1CCCC(c2ccc3ncnc(Nc4ccc(OCc5ccccn5)c(Cl)c4)c3c2)C1. The van der Waals surface area contributed by atoms with Crippen LogP contribution in [0.4, 0.5) is 16.3 Å². The van der Waals surface area contributed by atoms with Gasteiger partial charge in [0.15, 0.2) is 0 Å². The normalized spacial score (nSPS) is 15.7. The van der Waals surface area contributed by atoms with E-state index in [-0.39, 0.29) is 12.0 Å². The number of fused-ring (bicyclic) bond motifs is 1. The fourth-order valence-corrected chi connectivity index (χ4v) is 4.87. The summed E-state index contributed by atoms with van der Waals surface area (Å²) in [6.45, 7) is 7.32. The first-order chi connectivity index (χ1) is 18.7. The van der Waals surface area contributed by atoms with Gasteiger partial charge in [-0.2, -0.15) is 0 Å². The summed E-state index contributed by atoms with van der Waals surface area (Å²) in [4.78, 5) is 27.7. The number of nitrogens with one attached hydrogen (secondary N) is 1. The number of carbonyl (C=O) groups is 1. The van der Waals surface area contributed by atoms with Crippen molar-refractivity contribution in [2.75, 3.05) is 18.4 Å². The largest absolute Gasteiger partial charge is 0.486 e. The highest BCUT2D eigenvalue weighted by molar-refractivity contribution is 6.32. The summed E-state index contributed by atoms with van der Waals surface area (Å²) in [6, 6.07) is 17.4. The number of ether oxygens (including phenoxy) is 2. The monoisotopic (exact) mass is 545 g/mol. The summed E-state index contributed by atoms with van der Waals surface area (Å²) in [5.74, 6) is 1.46. The molecular formula is C30H32ClN5O3. The molecule has 2 aromatic heterocycles. The van der Waals surface area contributed by atoms with Gasteiger partial charge in [0.25, 0.3) is 0 Å². The molecule has 0 saturated carbocycles. The number of halogens is 1. The van der Waals surface area contributed by atoms with Crippen molar-refractivity contribution in [1.29, 1.82) is 0 Å². The topological polar surface area (TPSA) is 89.5 Å². The Labute approximate surface area is 233 Å². The number of hydrogen-bond donors (Lipinski definition) is 1. The Morgan fingerprint density at radius 3 is 2.74 bits per heavy atom. The van der Waals surface area contributed by atoms with Crippen molar-refractivity contribution in [2.45, 2.75) is 51.7 Å². The summed E-state index contributed by atoms with van der Waals surface area (Å²) in [5, 5.41) is 4.77. The van der Waals surface area contributed by atoms with Gasteiger partial charge in [0.05, 0.1) is 16.2 Å². The van der Waals surface area contributed by atoms with Gasteiger partial charge in [0, 0.05) is 36.3 Å². The van der Waals surface area contributed by atoms with Crippen LogP contribution in [0.5, 0.6) is 5.75 Å². The van der Waals surface area contributed by atoms with Crippen LogP contribution in [-0.2, 0) is 11.3 Å². The van der Waals surface area contributed by atoms with E-state index in [9.17, 15) is 4.79 Å². The van der Waals surface area contributed by atoms with E-state index >= 15 is 0 Å². The molecule has 4 aromatic rings. The van der Waals surface area contributed by atoms with Gasteiger partial charge in [0.2, 0.25) is 0 Å². The molecule has 0 spiro atoms. The Morgan fingerprint density at radius 1 is 1.10 bits per heavy atom. The quantitative estimate of drug-likeness (QED) is 0.276. The zero-order chi connectivity index (χ0) is 27.4. The van der Waals surface area contributed by atoms with Crippen LogP contribution in [0, 0.1) is 0 Å². The first kappa shape index (κ1) is 26.7. The molecule has 1 saturated heterocycles. The van der Waals surface area contributed by atoms with Crippen molar-refractivity contribution in [1.82, 2.24) is 19.9 Å². The van der Waals surface area contributed by atoms with Crippen LogP contribution in [0.1, 0.15) is 50.8 Å². The lowest BCUT2D eigenvalue weighted by molar-refractivity contribution is 0.0198. The van der Waals surface area contributed by atoms with Crippen LogP contribution in [-0.4, -0.2) is 44.6 Å². The van der Waals surface area contributed by atoms with Gasteiger partial charge in [0.1, 0.15) is 30.1 Å². The van der Waals surface area contributed by atoms with E-state index in [0.717, 1.165) is 40.7 Å². The van der Waals surface area contributed by atoms with Crippen molar-refractivity contribution in [3.05, 3.63) is 83.4 Å². The lowest BCUT2D eigenvalue weighted by Gasteiger charge is -2.34. The lowest BCUT2D eigenvalue weighted by Crippen LogP contribution is -2.42. The number of anilines is 2. The summed E-state index contributed by atoms with van der Waals surface area (Å²) in [7, 11) is 0. The number of aromatic nitrogens is 3. The molecule has 3 heterocycles. The number of carbonyl (C=O) groups excluding carboxylic acids is 1. The lowest BCUT2D eigenvalue weighted by atomic mass is 9.90. The highest BCUT2D eigenvalue weighted by Gasteiger charge is 2.28. The number of rotatable bonds is 6. The molecule has 9 heteroatoms. The second-order valence-electron chi connectivity index (χ2n) is 10.6. The van der Waals surface area contributed by atoms with Gasteiger partial charge in [-0.25, -0.2) is 14.8 Å². The molecule has 1 N–H and O–H groups in total. The molecule has 1 atom stereocenters. The highest BCUT2D eigenvalue weighted by atomic mass is 35.5. The van der Waals surface area contributed by atoms with Crippen molar-refractivity contribution in [3.63, 3.8) is 0 Å². The summed E-state index contributed by atoms with van der Waals surface area (Å²) < 4.78 is 11.5. The molecule has 2 aromatic carbocycles. The molecule has 39 heavy (non-hydrogen) atoms. The zero-order valence-corrected chi connectivity index (χ0v) is 23.1. The van der Waals surface area contributed by atoms with Gasteiger partial charge in [-0.1, -0.05) is 23.7 Å². The molecule has 8 nitrogen and oxygen atoms in total. The molecule has 5 rings (SSSR count). The van der Waals surface area contributed by atoms with Gasteiger partial charge in [-0.05, 0) is 81.6 Å². The Bertz CT molecular complexity index is 1460. The minimum absolute atomic E-state index is 0.203. The van der Waals surface area contributed by atoms with E-state index in [2.05, 4.69) is 32.4 Å². The van der Waals surface area contributed by atoms with Crippen LogP contribution in [0.15, 0.2) is 67.1 Å². The summed E-state index contributed by atoms with van der Waals surface area (Å²) in [5.41, 5.74) is 3.06. The van der Waals surface area contributed by atoms with E-state index < -0.39 is 5.60 Å². The van der Waals surface area contributed by atoms with Crippen LogP contribution in [0.2, 0.25) is 5.02 Å². The highest BCUT2D eigenvalue weighted by Crippen LogP contribution is 2.33. The zero-order valence-electron chi connectivity index (χ0n) is 22.4. The smallest absolute Gasteiger partial charge is 0.410 e. The molecule has 0 aliphatic carbocycles. The van der Waals surface area contributed by atoms with Gasteiger partial charge >= 0.3 is 6.09 Å². The third-order valence-electron chi connectivity index (χ3n) is 6.50. The molecule has 202 valence electrons. The van der Waals surface area contributed by atoms with Crippen molar-refractivity contribution >= 4 is 40.1 Å². The second-order valence-corrected chi connectivity index (χ2v) is 11.1. The molecule has 1 aliphatic heterocycles. The maximum atomic E-state index is 12.7. The third-order valence-corrected chi connectivity index (χ3v) is 6.80. The van der Waals surface area contributed by atoms with E-state index in [4.69, 9.17) is 21.1 Å². The number of hydrogen-bond acceptors (Lipinski definition) is 7. The van der Waals surface area contributed by atoms with Gasteiger partial charge in [-0.3, -0.25) is 4.98 Å². The van der Waals surface area contributed by atoms with Crippen LogP contribution < -0.4 is 10.1 Å². The molecule has 1 aliphatic rings. The Hall–Kier alpha value is -3.91. The van der Waals surface area contributed by atoms with E-state index in [1.807, 2.05) is 68.1 Å². The maximum absolute atomic E-state index is 12.7. The van der Waals surface area contributed by atoms with Crippen molar-refractivity contribution < 1.29 is 14.3 Å². The summed E-state index contributed by atoms with van der Waals surface area (Å²) in [6.07, 6.45) is 4.93. The number of nitrogens with zero attached hydrogens (tertiary/aromatic N) is 4. The Morgan fingerprint density at radius 2 is 1.97 bits per heavy atom. The Kier molecular flexibility index (Phi) is 7.84. The third kappa shape index (κ3) is 6.75. The van der Waals surface area contributed by atoms with E-state index in [1.165, 1.54) is 0 Å². The average molecular weight is 546 g/mol. The van der Waals surface area contributed by atoms with Crippen LogP contribution >= 0.6 is 11.6 Å².